The van der Waals surface area contributed by atoms with E-state index in [0.29, 0.717) is 29.3 Å². The van der Waals surface area contributed by atoms with Crippen LogP contribution in [-0.4, -0.2) is 10.8 Å². The van der Waals surface area contributed by atoms with Gasteiger partial charge in [-0.15, -0.1) is 11.3 Å². The molecule has 0 radical (unpaired) electrons. The molecule has 1 N–H and O–H groups in total. The van der Waals surface area contributed by atoms with Gasteiger partial charge in [-0.05, 0) is 49.1 Å². The van der Waals surface area contributed by atoms with Crippen molar-refractivity contribution < 1.29 is 9.72 Å². The molecule has 0 aliphatic heterocycles. The Labute approximate surface area is 173 Å². The summed E-state index contributed by atoms with van der Waals surface area (Å²) in [7, 11) is 0. The highest BCUT2D eigenvalue weighted by atomic mass is 32.1. The van der Waals surface area contributed by atoms with Crippen LogP contribution in [0.5, 0.6) is 0 Å². The lowest BCUT2D eigenvalue weighted by Crippen LogP contribution is -2.37. The second-order valence-electron chi connectivity index (χ2n) is 8.22. The van der Waals surface area contributed by atoms with Crippen molar-refractivity contribution in [1.29, 1.82) is 5.26 Å². The van der Waals surface area contributed by atoms with E-state index in [0.717, 1.165) is 43.2 Å². The van der Waals surface area contributed by atoms with Gasteiger partial charge >= 0.3 is 0 Å². The smallest absolute Gasteiger partial charge is 0.269 e. The SMILES string of the molecule is C[C@H]1CCc2c(sc(NC(=O)C3(c4ccc([N+](=O)[O-])cc4)CCCC3)c2C#N)C1. The maximum absolute atomic E-state index is 13.5. The number of nitrogens with zero attached hydrogens (tertiary/aromatic N) is 2. The van der Waals surface area contributed by atoms with Gasteiger partial charge in [0.25, 0.3) is 5.69 Å². The molecule has 1 heterocycles. The number of amides is 1. The predicted molar refractivity (Wildman–Crippen MR) is 112 cm³/mol. The Morgan fingerprint density at radius 3 is 2.62 bits per heavy atom. The topological polar surface area (TPSA) is 96.0 Å². The zero-order chi connectivity index (χ0) is 20.6. The molecule has 1 aromatic heterocycles. The molecule has 2 aromatic rings. The third kappa shape index (κ3) is 3.42. The first-order chi connectivity index (χ1) is 13.9. The Hall–Kier alpha value is -2.72. The van der Waals surface area contributed by atoms with Crippen LogP contribution in [0.1, 0.15) is 60.6 Å². The molecule has 2 aliphatic carbocycles. The van der Waals surface area contributed by atoms with Gasteiger partial charge in [0.15, 0.2) is 0 Å². The lowest BCUT2D eigenvalue weighted by molar-refractivity contribution is -0.384. The highest BCUT2D eigenvalue weighted by Crippen LogP contribution is 2.44. The van der Waals surface area contributed by atoms with Crippen molar-refractivity contribution in [1.82, 2.24) is 0 Å². The first-order valence-electron chi connectivity index (χ1n) is 10.1. The van der Waals surface area contributed by atoms with Gasteiger partial charge in [-0.25, -0.2) is 0 Å². The molecule has 6 nitrogen and oxygen atoms in total. The van der Waals surface area contributed by atoms with Crippen LogP contribution in [-0.2, 0) is 23.1 Å². The number of hydrogen-bond donors (Lipinski definition) is 1. The summed E-state index contributed by atoms with van der Waals surface area (Å²) < 4.78 is 0. The fourth-order valence-electron chi connectivity index (χ4n) is 4.71. The Balaban J connectivity index is 1.66. The maximum atomic E-state index is 13.5. The van der Waals surface area contributed by atoms with E-state index in [9.17, 15) is 20.2 Å². The number of anilines is 1. The molecule has 7 heteroatoms. The van der Waals surface area contributed by atoms with Gasteiger partial charge in [0.05, 0.1) is 15.9 Å². The highest BCUT2D eigenvalue weighted by molar-refractivity contribution is 7.16. The zero-order valence-corrected chi connectivity index (χ0v) is 17.2. The van der Waals surface area contributed by atoms with Crippen LogP contribution in [0, 0.1) is 27.4 Å². The summed E-state index contributed by atoms with van der Waals surface area (Å²) in [5.41, 5.74) is 1.85. The third-order valence-corrected chi connectivity index (χ3v) is 7.54. The molecule has 150 valence electrons. The summed E-state index contributed by atoms with van der Waals surface area (Å²) in [5, 5.41) is 24.4. The van der Waals surface area contributed by atoms with Crippen LogP contribution in [0.3, 0.4) is 0 Å². The number of rotatable bonds is 4. The standard InChI is InChI=1S/C22H23N3O3S/c1-14-4-9-17-18(13-23)20(29-19(17)12-14)24-21(26)22(10-2-3-11-22)15-5-7-16(8-6-15)25(27)28/h5-8,14H,2-4,9-12H2,1H3,(H,24,26)/t14-/m0/s1. The van der Waals surface area contributed by atoms with E-state index in [1.165, 1.54) is 28.3 Å². The molecular formula is C22H23N3O3S. The van der Waals surface area contributed by atoms with Crippen LogP contribution in [0.4, 0.5) is 10.7 Å². The largest absolute Gasteiger partial charge is 0.316 e. The normalized spacial score (nSPS) is 19.9. The number of nitrogens with one attached hydrogen (secondary N) is 1. The van der Waals surface area contributed by atoms with Gasteiger partial charge in [-0.1, -0.05) is 31.9 Å². The molecule has 1 atom stereocenters. The molecule has 1 amide bonds. The van der Waals surface area contributed by atoms with Crippen LogP contribution >= 0.6 is 11.3 Å². The van der Waals surface area contributed by atoms with Crippen LogP contribution < -0.4 is 5.32 Å². The Bertz CT molecular complexity index is 998. The number of non-ortho nitro benzene ring substituents is 1. The van der Waals surface area contributed by atoms with Gasteiger partial charge in [0.1, 0.15) is 11.1 Å². The summed E-state index contributed by atoms with van der Waals surface area (Å²) >= 11 is 1.53. The Kier molecular flexibility index (Phi) is 5.13. The van der Waals surface area contributed by atoms with Crippen molar-refractivity contribution in [3.05, 3.63) is 55.9 Å². The molecule has 0 bridgehead atoms. The van der Waals surface area contributed by atoms with Gasteiger partial charge in [0, 0.05) is 17.0 Å². The summed E-state index contributed by atoms with van der Waals surface area (Å²) in [4.78, 5) is 25.2. The van der Waals surface area contributed by atoms with Crippen molar-refractivity contribution in [2.75, 3.05) is 5.32 Å². The van der Waals surface area contributed by atoms with Crippen molar-refractivity contribution in [2.24, 2.45) is 5.92 Å². The fourth-order valence-corrected chi connectivity index (χ4v) is 6.06. The molecular weight excluding hydrogens is 386 g/mol. The second-order valence-corrected chi connectivity index (χ2v) is 9.32. The minimum absolute atomic E-state index is 0.0223. The number of carbonyl (C=O) groups excluding carboxylic acids is 1. The molecule has 1 fully saturated rings. The molecule has 1 aromatic carbocycles. The number of benzene rings is 1. The molecule has 0 unspecified atom stereocenters. The molecule has 2 aliphatic rings. The quantitative estimate of drug-likeness (QED) is 0.561. The zero-order valence-electron chi connectivity index (χ0n) is 16.4. The van der Waals surface area contributed by atoms with Gasteiger partial charge in [0.2, 0.25) is 5.91 Å². The number of nitro groups is 1. The van der Waals surface area contributed by atoms with Crippen molar-refractivity contribution >= 4 is 27.9 Å². The molecule has 0 spiro atoms. The minimum Gasteiger partial charge on any atom is -0.316 e. The van der Waals surface area contributed by atoms with Crippen molar-refractivity contribution in [3.63, 3.8) is 0 Å². The summed E-state index contributed by atoms with van der Waals surface area (Å²) in [5.74, 6) is 0.490. The number of fused-ring (bicyclic) bond motifs is 1. The van der Waals surface area contributed by atoms with Crippen LogP contribution in [0.2, 0.25) is 0 Å². The summed E-state index contributed by atoms with van der Waals surface area (Å²) in [6, 6.07) is 8.65. The highest BCUT2D eigenvalue weighted by Gasteiger charge is 2.43. The third-order valence-electron chi connectivity index (χ3n) is 6.37. The Morgan fingerprint density at radius 1 is 1.31 bits per heavy atom. The Morgan fingerprint density at radius 2 is 2.00 bits per heavy atom. The lowest BCUT2D eigenvalue weighted by atomic mass is 9.78. The molecule has 1 saturated carbocycles. The number of nitriles is 1. The second kappa shape index (κ2) is 7.60. The number of thiophene rings is 1. The average molecular weight is 410 g/mol. The summed E-state index contributed by atoms with van der Waals surface area (Å²) in [6.45, 7) is 2.22. The minimum atomic E-state index is -0.695. The van der Waals surface area contributed by atoms with E-state index in [4.69, 9.17) is 0 Å². The number of nitro benzene ring substituents is 1. The van der Waals surface area contributed by atoms with Crippen molar-refractivity contribution in [3.8, 4) is 6.07 Å². The van der Waals surface area contributed by atoms with Gasteiger partial charge in [-0.2, -0.15) is 5.26 Å². The van der Waals surface area contributed by atoms with E-state index in [2.05, 4.69) is 18.3 Å². The van der Waals surface area contributed by atoms with Crippen molar-refractivity contribution in [2.45, 2.75) is 57.3 Å². The van der Waals surface area contributed by atoms with E-state index in [-0.39, 0.29) is 11.6 Å². The van der Waals surface area contributed by atoms with Crippen LogP contribution in [0.15, 0.2) is 24.3 Å². The van der Waals surface area contributed by atoms with E-state index in [1.807, 2.05) is 0 Å². The monoisotopic (exact) mass is 409 g/mol. The van der Waals surface area contributed by atoms with Gasteiger partial charge < -0.3 is 5.32 Å². The molecule has 4 rings (SSSR count). The van der Waals surface area contributed by atoms with E-state index >= 15 is 0 Å². The fraction of sp³-hybridized carbons (Fsp3) is 0.455. The first-order valence-corrected chi connectivity index (χ1v) is 10.9. The molecule has 0 saturated heterocycles. The number of hydrogen-bond acceptors (Lipinski definition) is 5. The van der Waals surface area contributed by atoms with E-state index in [1.54, 1.807) is 12.1 Å². The van der Waals surface area contributed by atoms with Crippen LogP contribution in [0.25, 0.3) is 0 Å². The average Bonchev–Trinajstić information content (AvgIpc) is 3.33. The first kappa shape index (κ1) is 19.6. The van der Waals surface area contributed by atoms with E-state index < -0.39 is 10.3 Å². The maximum Gasteiger partial charge on any atom is 0.269 e. The van der Waals surface area contributed by atoms with Gasteiger partial charge in [-0.3, -0.25) is 14.9 Å². The lowest BCUT2D eigenvalue weighted by Gasteiger charge is -2.28. The predicted octanol–water partition coefficient (Wildman–Crippen LogP) is 5.10. The number of carbonyl (C=O) groups is 1. The molecule has 29 heavy (non-hydrogen) atoms. The summed E-state index contributed by atoms with van der Waals surface area (Å²) in [6.07, 6.45) is 6.21.